The van der Waals surface area contributed by atoms with Gasteiger partial charge in [0.05, 0.1) is 20.3 Å². The van der Waals surface area contributed by atoms with Gasteiger partial charge in [0.25, 0.3) is 0 Å². The van der Waals surface area contributed by atoms with Crippen molar-refractivity contribution in [3.8, 4) is 0 Å². The molecule has 2 heterocycles. The predicted octanol–water partition coefficient (Wildman–Crippen LogP) is 0.671. The first-order valence-electron chi connectivity index (χ1n) is 10.5. The maximum atomic E-state index is 14.1. The fourth-order valence-electron chi connectivity index (χ4n) is 4.17. The highest BCUT2D eigenvalue weighted by molar-refractivity contribution is 6.23. The molecule has 11 nitrogen and oxygen atoms in total. The van der Waals surface area contributed by atoms with E-state index >= 15 is 0 Å². The van der Waals surface area contributed by atoms with Crippen molar-refractivity contribution in [2.45, 2.75) is 19.3 Å². The summed E-state index contributed by atoms with van der Waals surface area (Å²) in [5.74, 6) is -3.76. The lowest BCUT2D eigenvalue weighted by atomic mass is 9.67. The van der Waals surface area contributed by atoms with Crippen molar-refractivity contribution in [1.82, 2.24) is 0 Å². The Bertz CT molecular complexity index is 1090. The molecule has 0 radical (unpaired) electrons. The second-order valence-electron chi connectivity index (χ2n) is 7.36. The molecule has 0 bridgehead atoms. The minimum absolute atomic E-state index is 0.0241. The Morgan fingerprint density at radius 2 is 1.74 bits per heavy atom. The smallest absolute Gasteiger partial charge is 0.341 e. The summed E-state index contributed by atoms with van der Waals surface area (Å²) in [6.07, 6.45) is 0. The average molecular weight is 474 g/mol. The van der Waals surface area contributed by atoms with Gasteiger partial charge >= 0.3 is 17.9 Å². The molecule has 2 aliphatic heterocycles. The van der Waals surface area contributed by atoms with E-state index in [9.17, 15) is 19.2 Å². The third-order valence-corrected chi connectivity index (χ3v) is 5.50. The Hall–Kier alpha value is -3.86. The number of rotatable bonds is 8. The van der Waals surface area contributed by atoms with Crippen LogP contribution in [0, 0.1) is 0 Å². The lowest BCUT2D eigenvalue weighted by Gasteiger charge is -2.36. The molecule has 3 rings (SSSR count). The molecular formula is C23H26N2O9. The molecule has 2 aliphatic rings. The summed E-state index contributed by atoms with van der Waals surface area (Å²) in [4.78, 5) is 53.9. The Labute approximate surface area is 196 Å². The molecular weight excluding hydrogens is 448 g/mol. The van der Waals surface area contributed by atoms with Gasteiger partial charge in [-0.3, -0.25) is 14.5 Å². The van der Waals surface area contributed by atoms with Gasteiger partial charge in [-0.05, 0) is 19.9 Å². The van der Waals surface area contributed by atoms with Gasteiger partial charge < -0.3 is 29.4 Å². The van der Waals surface area contributed by atoms with Crippen LogP contribution in [-0.2, 0) is 48.3 Å². The first-order chi connectivity index (χ1) is 16.2. The quantitative estimate of drug-likeness (QED) is 0.324. The zero-order chi connectivity index (χ0) is 25.0. The number of carbonyl (C=O) groups is 4. The van der Waals surface area contributed by atoms with Gasteiger partial charge in [-0.15, -0.1) is 0 Å². The minimum atomic E-state index is -2.06. The van der Waals surface area contributed by atoms with Crippen LogP contribution in [0.1, 0.15) is 19.4 Å². The van der Waals surface area contributed by atoms with E-state index < -0.39 is 41.7 Å². The summed E-state index contributed by atoms with van der Waals surface area (Å²) >= 11 is 0. The highest BCUT2D eigenvalue weighted by atomic mass is 16.6. The third kappa shape index (κ3) is 3.87. The summed E-state index contributed by atoms with van der Waals surface area (Å²) in [6.45, 7) is 2.52. The Morgan fingerprint density at radius 1 is 1.06 bits per heavy atom. The number of fused-ring (bicyclic) bond motifs is 2. The second-order valence-corrected chi connectivity index (χ2v) is 7.36. The Morgan fingerprint density at radius 3 is 2.38 bits per heavy atom. The van der Waals surface area contributed by atoms with Gasteiger partial charge in [0, 0.05) is 18.4 Å². The van der Waals surface area contributed by atoms with Crippen molar-refractivity contribution >= 4 is 29.5 Å². The third-order valence-electron chi connectivity index (χ3n) is 5.50. The van der Waals surface area contributed by atoms with Gasteiger partial charge in [0.2, 0.25) is 11.8 Å². The largest absolute Gasteiger partial charge is 0.468 e. The van der Waals surface area contributed by atoms with Crippen LogP contribution in [0.25, 0.3) is 0 Å². The number of hydrogen-bond acceptors (Lipinski definition) is 10. The molecule has 1 aromatic rings. The number of benzene rings is 1. The van der Waals surface area contributed by atoms with Crippen LogP contribution >= 0.6 is 0 Å². The summed E-state index contributed by atoms with van der Waals surface area (Å²) < 4.78 is 25.7. The van der Waals surface area contributed by atoms with Crippen LogP contribution in [-0.4, -0.2) is 64.4 Å². The molecule has 1 amide bonds. The molecule has 0 aromatic heterocycles. The van der Waals surface area contributed by atoms with E-state index in [1.165, 1.54) is 21.1 Å². The number of ether oxygens (including phenoxy) is 5. The lowest BCUT2D eigenvalue weighted by molar-refractivity contribution is -0.144. The van der Waals surface area contributed by atoms with Gasteiger partial charge in [-0.1, -0.05) is 18.2 Å². The zero-order valence-electron chi connectivity index (χ0n) is 19.3. The number of nitrogens with zero attached hydrogens (tertiary/aromatic N) is 1. The van der Waals surface area contributed by atoms with E-state index in [4.69, 9.17) is 29.4 Å². The highest BCUT2D eigenvalue weighted by Crippen LogP contribution is 2.54. The van der Waals surface area contributed by atoms with Gasteiger partial charge in [-0.2, -0.15) is 0 Å². The lowest BCUT2D eigenvalue weighted by Crippen LogP contribution is -2.51. The van der Waals surface area contributed by atoms with Gasteiger partial charge in [-0.25, -0.2) is 9.59 Å². The van der Waals surface area contributed by atoms with Crippen molar-refractivity contribution in [2.24, 2.45) is 5.73 Å². The van der Waals surface area contributed by atoms with Crippen molar-refractivity contribution in [3.63, 3.8) is 0 Å². The fraction of sp³-hybridized carbons (Fsp3) is 0.391. The average Bonchev–Trinajstić information content (AvgIpc) is 3.02. The molecule has 1 atom stereocenters. The topological polar surface area (TPSA) is 144 Å². The molecule has 34 heavy (non-hydrogen) atoms. The number of methoxy groups -OCH3 is 2. The zero-order valence-corrected chi connectivity index (χ0v) is 19.3. The van der Waals surface area contributed by atoms with Crippen molar-refractivity contribution in [2.75, 3.05) is 45.5 Å². The summed E-state index contributed by atoms with van der Waals surface area (Å²) in [5.41, 5.74) is 3.98. The number of anilines is 1. The predicted molar refractivity (Wildman–Crippen MR) is 117 cm³/mol. The molecule has 2 N–H and O–H groups in total. The van der Waals surface area contributed by atoms with Crippen LogP contribution in [0.5, 0.6) is 0 Å². The number of amides is 1. The molecule has 0 saturated carbocycles. The molecule has 0 fully saturated rings. The van der Waals surface area contributed by atoms with E-state index in [2.05, 4.69) is 0 Å². The SMILES string of the molecule is CCOC(=O)C1=C(N)OC(C)=C(C(=O)OCCOC)[C@]12C(=O)N(CC(=O)OC)c1ccccc12. The first kappa shape index (κ1) is 24.8. The molecule has 182 valence electrons. The maximum Gasteiger partial charge on any atom is 0.341 e. The molecule has 1 aromatic carbocycles. The summed E-state index contributed by atoms with van der Waals surface area (Å²) in [5, 5.41) is 0. The number of esters is 3. The number of nitrogens with two attached hydrogens (primary N) is 1. The van der Waals surface area contributed by atoms with E-state index in [0.717, 1.165) is 4.90 Å². The monoisotopic (exact) mass is 474 g/mol. The van der Waals surface area contributed by atoms with Crippen LogP contribution < -0.4 is 10.6 Å². The molecule has 0 unspecified atom stereocenters. The van der Waals surface area contributed by atoms with Gasteiger partial charge in [0.15, 0.2) is 0 Å². The number of hydrogen-bond donors (Lipinski definition) is 1. The van der Waals surface area contributed by atoms with Crippen molar-refractivity contribution in [1.29, 1.82) is 0 Å². The number of para-hydroxylation sites is 1. The van der Waals surface area contributed by atoms with E-state index in [1.807, 2.05) is 0 Å². The van der Waals surface area contributed by atoms with Crippen LogP contribution in [0.4, 0.5) is 5.69 Å². The summed E-state index contributed by atoms with van der Waals surface area (Å²) in [7, 11) is 2.62. The van der Waals surface area contributed by atoms with Crippen LogP contribution in [0.3, 0.4) is 0 Å². The molecule has 0 aliphatic carbocycles. The maximum absolute atomic E-state index is 14.1. The van der Waals surface area contributed by atoms with Crippen molar-refractivity contribution < 1.29 is 42.9 Å². The van der Waals surface area contributed by atoms with E-state index in [1.54, 1.807) is 31.2 Å². The van der Waals surface area contributed by atoms with Crippen LogP contribution in [0.2, 0.25) is 0 Å². The fourth-order valence-corrected chi connectivity index (χ4v) is 4.17. The molecule has 11 heteroatoms. The van der Waals surface area contributed by atoms with Gasteiger partial charge in [0.1, 0.15) is 35.5 Å². The Balaban J connectivity index is 2.32. The van der Waals surface area contributed by atoms with Crippen molar-refractivity contribution in [3.05, 3.63) is 52.6 Å². The first-order valence-corrected chi connectivity index (χ1v) is 10.5. The standard InChI is InChI=1S/C23H26N2O9/c1-5-32-21(28)18-19(24)34-13(2)17(20(27)33-11-10-30-3)23(18)14-8-6-7-9-15(14)25(22(23)29)12-16(26)31-4/h6-9H,5,10-12,24H2,1-4H3/t23-/m0/s1. The Kier molecular flexibility index (Phi) is 7.26. The number of allylic oxidation sites excluding steroid dienone is 1. The molecule has 0 saturated heterocycles. The summed E-state index contributed by atoms with van der Waals surface area (Å²) in [6, 6.07) is 6.44. The minimum Gasteiger partial charge on any atom is -0.468 e. The van der Waals surface area contributed by atoms with E-state index in [-0.39, 0.29) is 42.3 Å². The second kappa shape index (κ2) is 9.96. The normalized spacial score (nSPS) is 19.2. The molecule has 1 spiro atoms. The van der Waals surface area contributed by atoms with Crippen LogP contribution in [0.15, 0.2) is 47.1 Å². The van der Waals surface area contributed by atoms with E-state index in [0.29, 0.717) is 5.69 Å². The highest BCUT2D eigenvalue weighted by Gasteiger charge is 2.64. The number of carbonyl (C=O) groups excluding carboxylic acids is 4.